The third-order valence-electron chi connectivity index (χ3n) is 2.84. The molecule has 0 amide bonds. The van der Waals surface area contributed by atoms with Gasteiger partial charge in [0.2, 0.25) is 0 Å². The Labute approximate surface area is 103 Å². The number of ether oxygens (including phenoxy) is 1. The first-order valence-electron chi connectivity index (χ1n) is 5.53. The molecule has 0 radical (unpaired) electrons. The second-order valence-electron chi connectivity index (χ2n) is 4.98. The van der Waals surface area contributed by atoms with Crippen molar-refractivity contribution in [3.8, 4) is 0 Å². The Morgan fingerprint density at radius 3 is 2.18 bits per heavy atom. The molecule has 0 heterocycles. The average Bonchev–Trinajstić information content (AvgIpc) is 2.28. The van der Waals surface area contributed by atoms with E-state index in [0.717, 1.165) is 5.30 Å². The van der Waals surface area contributed by atoms with E-state index in [4.69, 9.17) is 0 Å². The zero-order valence-electron chi connectivity index (χ0n) is 10.8. The topological polar surface area (TPSA) is 43.4 Å². The van der Waals surface area contributed by atoms with Gasteiger partial charge in [-0.1, -0.05) is 51.1 Å². The molecule has 3 nitrogen and oxygen atoms in total. The molecule has 1 rings (SSSR count). The van der Waals surface area contributed by atoms with E-state index in [1.807, 2.05) is 51.1 Å². The summed E-state index contributed by atoms with van der Waals surface area (Å²) in [6, 6.07) is 9.18. The lowest BCUT2D eigenvalue weighted by Crippen LogP contribution is -2.28. The Kier molecular flexibility index (Phi) is 4.16. The molecule has 17 heavy (non-hydrogen) atoms. The van der Waals surface area contributed by atoms with Crippen LogP contribution >= 0.6 is 7.14 Å². The minimum Gasteiger partial charge on any atom is -0.469 e. The molecule has 1 aromatic carbocycles. The van der Waals surface area contributed by atoms with Crippen LogP contribution in [0.15, 0.2) is 30.3 Å². The van der Waals surface area contributed by atoms with E-state index < -0.39 is 18.3 Å². The molecular weight excluding hydrogens is 235 g/mol. The van der Waals surface area contributed by atoms with Crippen LogP contribution in [0.5, 0.6) is 0 Å². The number of methoxy groups -OCH3 is 1. The van der Waals surface area contributed by atoms with Gasteiger partial charge in [0.25, 0.3) is 0 Å². The van der Waals surface area contributed by atoms with Crippen LogP contribution in [-0.2, 0) is 14.1 Å². The van der Waals surface area contributed by atoms with E-state index >= 15 is 0 Å². The van der Waals surface area contributed by atoms with E-state index in [9.17, 15) is 9.36 Å². The number of benzene rings is 1. The summed E-state index contributed by atoms with van der Waals surface area (Å²) in [6.45, 7) is 5.68. The fourth-order valence-corrected chi connectivity index (χ4v) is 4.21. The maximum Gasteiger partial charge on any atom is 0.313 e. The molecule has 0 saturated carbocycles. The molecule has 0 aliphatic carbocycles. The van der Waals surface area contributed by atoms with Crippen molar-refractivity contribution in [2.24, 2.45) is 0 Å². The summed E-state index contributed by atoms with van der Waals surface area (Å²) in [7, 11) is -1.48. The number of carbonyl (C=O) groups is 1. The van der Waals surface area contributed by atoms with Crippen molar-refractivity contribution in [3.63, 3.8) is 0 Å². The van der Waals surface area contributed by atoms with Crippen LogP contribution in [0.3, 0.4) is 0 Å². The van der Waals surface area contributed by atoms with Gasteiger partial charge in [0.1, 0.15) is 13.3 Å². The van der Waals surface area contributed by atoms with Crippen LogP contribution in [0, 0.1) is 0 Å². The molecule has 0 aliphatic rings. The Morgan fingerprint density at radius 2 is 1.76 bits per heavy atom. The Balaban J connectivity index is 3.22. The Morgan fingerprint density at radius 1 is 1.24 bits per heavy atom. The summed E-state index contributed by atoms with van der Waals surface area (Å²) in [5.74, 6) is -0.424. The fourth-order valence-electron chi connectivity index (χ4n) is 1.63. The van der Waals surface area contributed by atoms with Crippen LogP contribution in [0.4, 0.5) is 0 Å². The van der Waals surface area contributed by atoms with E-state index in [-0.39, 0.29) is 6.16 Å². The SMILES string of the molecule is COC(=O)CP(=O)(c1ccccc1)C(C)(C)C. The highest BCUT2D eigenvalue weighted by Crippen LogP contribution is 2.56. The van der Waals surface area contributed by atoms with Crippen LogP contribution < -0.4 is 5.30 Å². The summed E-state index contributed by atoms with van der Waals surface area (Å²) in [6.07, 6.45) is -0.0446. The molecule has 4 heteroatoms. The third-order valence-corrected chi connectivity index (χ3v) is 6.84. The molecular formula is C13H19O3P. The minimum atomic E-state index is -2.80. The Hall–Kier alpha value is -1.08. The van der Waals surface area contributed by atoms with Gasteiger partial charge in [-0.05, 0) is 0 Å². The largest absolute Gasteiger partial charge is 0.469 e. The first kappa shape index (κ1) is 14.0. The normalized spacial score (nSPS) is 15.1. The highest BCUT2D eigenvalue weighted by Gasteiger charge is 2.40. The quantitative estimate of drug-likeness (QED) is 0.615. The van der Waals surface area contributed by atoms with Gasteiger partial charge in [-0.2, -0.15) is 0 Å². The van der Waals surface area contributed by atoms with Crippen molar-refractivity contribution in [3.05, 3.63) is 30.3 Å². The molecule has 0 spiro atoms. The molecule has 0 aromatic heterocycles. The van der Waals surface area contributed by atoms with Crippen molar-refractivity contribution >= 4 is 18.4 Å². The molecule has 0 saturated heterocycles. The lowest BCUT2D eigenvalue weighted by atomic mass is 10.3. The van der Waals surface area contributed by atoms with Crippen molar-refractivity contribution in [2.45, 2.75) is 25.9 Å². The number of hydrogen-bond donors (Lipinski definition) is 0. The molecule has 94 valence electrons. The lowest BCUT2D eigenvalue weighted by molar-refractivity contribution is -0.137. The lowest BCUT2D eigenvalue weighted by Gasteiger charge is -2.30. The predicted octanol–water partition coefficient (Wildman–Crippen LogP) is 2.65. The van der Waals surface area contributed by atoms with Gasteiger partial charge >= 0.3 is 5.97 Å². The molecule has 1 unspecified atom stereocenters. The van der Waals surface area contributed by atoms with Crippen molar-refractivity contribution in [1.29, 1.82) is 0 Å². The maximum absolute atomic E-state index is 13.1. The summed E-state index contributed by atoms with van der Waals surface area (Å²) in [5, 5.41) is 0.278. The van der Waals surface area contributed by atoms with Crippen LogP contribution in [0.2, 0.25) is 0 Å². The van der Waals surface area contributed by atoms with Crippen LogP contribution in [0.25, 0.3) is 0 Å². The van der Waals surface area contributed by atoms with Gasteiger partial charge in [-0.25, -0.2) is 0 Å². The van der Waals surface area contributed by atoms with Crippen LogP contribution in [0.1, 0.15) is 20.8 Å². The number of carbonyl (C=O) groups excluding carboxylic acids is 1. The van der Waals surface area contributed by atoms with Crippen molar-refractivity contribution in [1.82, 2.24) is 0 Å². The van der Waals surface area contributed by atoms with E-state index in [1.165, 1.54) is 7.11 Å². The summed E-state index contributed by atoms with van der Waals surface area (Å²) in [5.41, 5.74) is 0. The molecule has 1 aromatic rings. The zero-order valence-corrected chi connectivity index (χ0v) is 11.7. The molecule has 0 N–H and O–H groups in total. The fraction of sp³-hybridized carbons (Fsp3) is 0.462. The molecule has 0 bridgehead atoms. The monoisotopic (exact) mass is 254 g/mol. The molecule has 0 aliphatic heterocycles. The maximum atomic E-state index is 13.1. The first-order valence-corrected chi connectivity index (χ1v) is 7.42. The van der Waals surface area contributed by atoms with E-state index in [1.54, 1.807) is 0 Å². The highest BCUT2D eigenvalue weighted by molar-refractivity contribution is 7.73. The van der Waals surface area contributed by atoms with Gasteiger partial charge in [-0.15, -0.1) is 0 Å². The first-order chi connectivity index (χ1) is 7.81. The highest BCUT2D eigenvalue weighted by atomic mass is 31.2. The summed E-state index contributed by atoms with van der Waals surface area (Å²) >= 11 is 0. The number of esters is 1. The third kappa shape index (κ3) is 2.98. The van der Waals surface area contributed by atoms with Gasteiger partial charge < -0.3 is 9.30 Å². The van der Waals surface area contributed by atoms with Gasteiger partial charge in [-0.3, -0.25) is 4.79 Å². The van der Waals surface area contributed by atoms with Gasteiger partial charge in [0.15, 0.2) is 0 Å². The summed E-state index contributed by atoms with van der Waals surface area (Å²) in [4.78, 5) is 11.5. The van der Waals surface area contributed by atoms with Crippen molar-refractivity contribution in [2.75, 3.05) is 13.3 Å². The van der Waals surface area contributed by atoms with E-state index in [2.05, 4.69) is 4.74 Å². The Bertz CT molecular complexity index is 432. The second kappa shape index (κ2) is 5.05. The number of rotatable bonds is 3. The molecule has 1 atom stereocenters. The smallest absolute Gasteiger partial charge is 0.313 e. The summed E-state index contributed by atoms with van der Waals surface area (Å²) < 4.78 is 17.8. The minimum absolute atomic E-state index is 0.0446. The van der Waals surface area contributed by atoms with Crippen LogP contribution in [-0.4, -0.2) is 24.4 Å². The van der Waals surface area contributed by atoms with Crippen molar-refractivity contribution < 1.29 is 14.1 Å². The second-order valence-corrected chi connectivity index (χ2v) is 8.63. The number of hydrogen-bond acceptors (Lipinski definition) is 3. The van der Waals surface area contributed by atoms with E-state index in [0.29, 0.717) is 0 Å². The van der Waals surface area contributed by atoms with Gasteiger partial charge in [0.05, 0.1) is 7.11 Å². The average molecular weight is 254 g/mol. The zero-order chi connectivity index (χ0) is 13.1. The van der Waals surface area contributed by atoms with Gasteiger partial charge in [0, 0.05) is 10.5 Å². The molecule has 0 fully saturated rings. The standard InChI is InChI=1S/C13H19O3P/c1-13(2,3)17(15,10-12(14)16-4)11-8-6-5-7-9-11/h5-9H,10H2,1-4H3. The predicted molar refractivity (Wildman–Crippen MR) is 70.3 cm³/mol.